The Bertz CT molecular complexity index is 1270. The largest absolute Gasteiger partial charge is 0.367 e. The van der Waals surface area contributed by atoms with Crippen molar-refractivity contribution in [1.29, 1.82) is 0 Å². The molecule has 0 bridgehead atoms. The number of benzene rings is 2. The van der Waals surface area contributed by atoms with Gasteiger partial charge >= 0.3 is 0 Å². The van der Waals surface area contributed by atoms with Gasteiger partial charge in [-0.15, -0.1) is 0 Å². The van der Waals surface area contributed by atoms with Crippen molar-refractivity contribution in [3.8, 4) is 0 Å². The number of nitrogens with zero attached hydrogens (tertiary/aromatic N) is 3. The van der Waals surface area contributed by atoms with E-state index < -0.39 is 10.0 Å². The van der Waals surface area contributed by atoms with Gasteiger partial charge in [0, 0.05) is 35.4 Å². The third kappa shape index (κ3) is 6.12. The summed E-state index contributed by atoms with van der Waals surface area (Å²) in [6.07, 6.45) is 5.67. The standard InChI is InChI=1S/C26H32ClN5O2S/c1-4-19-14-22(15-26(29-17-19)31-21-9-7-20(27)8-10-21)30-24-16-23(35(33,34)28-3)11-12-25(24)32-13-5-6-18(32)2/h7-12,14,16,18,28H,4-6,13,15,17H2,1-3H3,(H,29,31). The highest BCUT2D eigenvalue weighted by molar-refractivity contribution is 7.89. The molecule has 1 atom stereocenters. The van der Waals surface area contributed by atoms with Crippen molar-refractivity contribution >= 4 is 50.2 Å². The highest BCUT2D eigenvalue weighted by atomic mass is 35.5. The molecular weight excluding hydrogens is 482 g/mol. The van der Waals surface area contributed by atoms with Crippen molar-refractivity contribution in [2.45, 2.75) is 50.5 Å². The van der Waals surface area contributed by atoms with Crippen molar-refractivity contribution in [2.24, 2.45) is 9.98 Å². The van der Waals surface area contributed by atoms with Crippen LogP contribution in [0.1, 0.15) is 39.5 Å². The first kappa shape index (κ1) is 25.4. The number of allylic oxidation sites excluding steroid dienone is 1. The minimum Gasteiger partial charge on any atom is -0.367 e. The lowest BCUT2D eigenvalue weighted by atomic mass is 10.1. The zero-order valence-electron chi connectivity index (χ0n) is 20.4. The Hall–Kier alpha value is -2.68. The molecule has 0 aromatic heterocycles. The van der Waals surface area contributed by atoms with Crippen LogP contribution < -0.4 is 14.9 Å². The molecule has 2 aliphatic heterocycles. The van der Waals surface area contributed by atoms with Crippen molar-refractivity contribution in [2.75, 3.05) is 30.4 Å². The molecule has 0 amide bonds. The van der Waals surface area contributed by atoms with Crippen LogP contribution >= 0.6 is 11.6 Å². The zero-order chi connectivity index (χ0) is 25.0. The van der Waals surface area contributed by atoms with Crippen molar-refractivity contribution in [3.63, 3.8) is 0 Å². The molecule has 35 heavy (non-hydrogen) atoms. The van der Waals surface area contributed by atoms with Crippen molar-refractivity contribution < 1.29 is 8.42 Å². The van der Waals surface area contributed by atoms with Gasteiger partial charge in [-0.05, 0) is 87.3 Å². The lowest BCUT2D eigenvalue weighted by molar-refractivity contribution is 0.588. The second-order valence-electron chi connectivity index (χ2n) is 8.87. The Morgan fingerprint density at radius 3 is 2.63 bits per heavy atom. The van der Waals surface area contributed by atoms with Crippen LogP contribution in [0.4, 0.5) is 17.1 Å². The number of amidine groups is 1. The number of hydrogen-bond acceptors (Lipinski definition) is 6. The Morgan fingerprint density at radius 2 is 1.97 bits per heavy atom. The molecular formula is C26H32ClN5O2S. The van der Waals surface area contributed by atoms with Crippen LogP contribution in [-0.2, 0) is 10.0 Å². The van der Waals surface area contributed by atoms with E-state index in [0.29, 0.717) is 29.7 Å². The molecule has 2 aromatic carbocycles. The van der Waals surface area contributed by atoms with E-state index in [9.17, 15) is 8.42 Å². The summed E-state index contributed by atoms with van der Waals surface area (Å²) in [6.45, 7) is 5.82. The number of halogens is 1. The maximum absolute atomic E-state index is 12.6. The monoisotopic (exact) mass is 513 g/mol. The number of sulfonamides is 1. The van der Waals surface area contributed by atoms with E-state index in [4.69, 9.17) is 21.6 Å². The Balaban J connectivity index is 1.74. The van der Waals surface area contributed by atoms with Crippen LogP contribution in [0.5, 0.6) is 0 Å². The Kier molecular flexibility index (Phi) is 7.94. The van der Waals surface area contributed by atoms with Crippen molar-refractivity contribution in [3.05, 3.63) is 59.1 Å². The summed E-state index contributed by atoms with van der Waals surface area (Å²) in [7, 11) is -2.17. The molecule has 186 valence electrons. The molecule has 1 fully saturated rings. The fourth-order valence-corrected chi connectivity index (χ4v) is 5.27. The molecule has 2 N–H and O–H groups in total. The highest BCUT2D eigenvalue weighted by Crippen LogP contribution is 2.36. The van der Waals surface area contributed by atoms with Gasteiger partial charge in [0.1, 0.15) is 5.84 Å². The first-order chi connectivity index (χ1) is 16.8. The van der Waals surface area contributed by atoms with Gasteiger partial charge in [-0.3, -0.25) is 9.98 Å². The average Bonchev–Trinajstić information content (AvgIpc) is 3.18. The molecule has 4 rings (SSSR count). The second-order valence-corrected chi connectivity index (χ2v) is 11.2. The molecule has 9 heteroatoms. The predicted molar refractivity (Wildman–Crippen MR) is 146 cm³/mol. The maximum atomic E-state index is 12.6. The number of nitrogens with one attached hydrogen (secondary N) is 2. The Labute approximate surface area is 213 Å². The number of anilines is 2. The molecule has 0 saturated carbocycles. The molecule has 0 radical (unpaired) electrons. The quantitative estimate of drug-likeness (QED) is 0.529. The summed E-state index contributed by atoms with van der Waals surface area (Å²) in [5.74, 6) is 0.806. The zero-order valence-corrected chi connectivity index (χ0v) is 22.0. The summed E-state index contributed by atoms with van der Waals surface area (Å²) in [4.78, 5) is 12.3. The SMILES string of the molecule is CCC1=CC(=Nc2cc(S(=O)(=O)NC)ccc2N2CCCC2C)CC(Nc2ccc(Cl)cc2)=NC1. The van der Waals surface area contributed by atoms with E-state index in [1.54, 1.807) is 12.1 Å². The molecule has 7 nitrogen and oxygen atoms in total. The normalized spacial score (nSPS) is 19.9. The highest BCUT2D eigenvalue weighted by Gasteiger charge is 2.24. The van der Waals surface area contributed by atoms with Crippen LogP contribution in [0.2, 0.25) is 5.02 Å². The average molecular weight is 514 g/mol. The van der Waals surface area contributed by atoms with Gasteiger partial charge < -0.3 is 10.2 Å². The molecule has 2 aromatic rings. The van der Waals surface area contributed by atoms with Gasteiger partial charge in [-0.2, -0.15) is 0 Å². The second kappa shape index (κ2) is 10.9. The Morgan fingerprint density at radius 1 is 1.20 bits per heavy atom. The van der Waals surface area contributed by atoms with E-state index in [-0.39, 0.29) is 4.90 Å². The third-order valence-corrected chi connectivity index (χ3v) is 8.10. The smallest absolute Gasteiger partial charge is 0.240 e. The van der Waals surface area contributed by atoms with E-state index in [2.05, 4.69) is 34.9 Å². The fourth-order valence-electron chi connectivity index (χ4n) is 4.39. The summed E-state index contributed by atoms with van der Waals surface area (Å²) in [5.41, 5.74) is 4.53. The van der Waals surface area contributed by atoms with Gasteiger partial charge in [0.25, 0.3) is 0 Å². The first-order valence-electron chi connectivity index (χ1n) is 12.0. The summed E-state index contributed by atoms with van der Waals surface area (Å²) in [5, 5.41) is 4.07. The van der Waals surface area contributed by atoms with Crippen molar-refractivity contribution in [1.82, 2.24) is 4.72 Å². The van der Waals surface area contributed by atoms with Crippen LogP contribution in [-0.4, -0.2) is 46.1 Å². The minimum atomic E-state index is -3.59. The topological polar surface area (TPSA) is 86.2 Å². The molecule has 2 aliphatic rings. The van der Waals surface area contributed by atoms with Gasteiger partial charge in [0.2, 0.25) is 10.0 Å². The van der Waals surface area contributed by atoms with Crippen LogP contribution in [0.25, 0.3) is 0 Å². The molecule has 0 spiro atoms. The van der Waals surface area contributed by atoms with Gasteiger partial charge in [0.05, 0.1) is 22.8 Å². The number of hydrogen-bond donors (Lipinski definition) is 2. The summed E-state index contributed by atoms with van der Waals surface area (Å²) < 4.78 is 27.5. The molecule has 2 heterocycles. The third-order valence-electron chi connectivity index (χ3n) is 6.43. The van der Waals surface area contributed by atoms with E-state index in [0.717, 1.165) is 48.7 Å². The first-order valence-corrected chi connectivity index (χ1v) is 13.8. The number of aliphatic imine (C=N–C) groups is 2. The van der Waals surface area contributed by atoms with Crippen LogP contribution in [0.3, 0.4) is 0 Å². The lowest BCUT2D eigenvalue weighted by Crippen LogP contribution is -2.26. The minimum absolute atomic E-state index is 0.205. The van der Waals surface area contributed by atoms with Crippen LogP contribution in [0.15, 0.2) is 69.0 Å². The van der Waals surface area contributed by atoms with Gasteiger partial charge in [-0.25, -0.2) is 13.1 Å². The van der Waals surface area contributed by atoms with Gasteiger partial charge in [0.15, 0.2) is 0 Å². The lowest BCUT2D eigenvalue weighted by Gasteiger charge is -2.26. The summed E-state index contributed by atoms with van der Waals surface area (Å²) >= 11 is 6.03. The predicted octanol–water partition coefficient (Wildman–Crippen LogP) is 5.56. The molecule has 1 saturated heterocycles. The molecule has 1 unspecified atom stereocenters. The summed E-state index contributed by atoms with van der Waals surface area (Å²) in [6, 6.07) is 13.1. The molecule has 0 aliphatic carbocycles. The van der Waals surface area contributed by atoms with E-state index >= 15 is 0 Å². The fraction of sp³-hybridized carbons (Fsp3) is 0.385. The van der Waals surface area contributed by atoms with E-state index in [1.165, 1.54) is 12.6 Å². The van der Waals surface area contributed by atoms with Gasteiger partial charge in [-0.1, -0.05) is 18.5 Å². The van der Waals surface area contributed by atoms with Crippen LogP contribution in [0, 0.1) is 0 Å². The van der Waals surface area contributed by atoms with E-state index in [1.807, 2.05) is 30.3 Å². The maximum Gasteiger partial charge on any atom is 0.240 e. The number of rotatable bonds is 6.